The highest BCUT2D eigenvalue weighted by Crippen LogP contribution is 2.37. The molecule has 0 bridgehead atoms. The molecule has 3 aromatic carbocycles. The Labute approximate surface area is 167 Å². The predicted molar refractivity (Wildman–Crippen MR) is 108 cm³/mol. The van der Waals surface area contributed by atoms with Gasteiger partial charge in [-0.3, -0.25) is 0 Å². The zero-order valence-corrected chi connectivity index (χ0v) is 16.0. The van der Waals surface area contributed by atoms with E-state index >= 15 is 4.39 Å². The van der Waals surface area contributed by atoms with E-state index in [1.807, 2.05) is 18.2 Å². The Kier molecular flexibility index (Phi) is 5.27. The lowest BCUT2D eigenvalue weighted by Gasteiger charge is -2.20. The van der Waals surface area contributed by atoms with Gasteiger partial charge in [0.05, 0.1) is 5.56 Å². The van der Waals surface area contributed by atoms with Crippen LogP contribution >= 0.6 is 0 Å². The molecule has 148 valence electrons. The third-order valence-corrected chi connectivity index (χ3v) is 5.40. The van der Waals surface area contributed by atoms with Crippen LogP contribution in [0.25, 0.3) is 22.8 Å². The van der Waals surface area contributed by atoms with Gasteiger partial charge in [0.25, 0.3) is 0 Å². The van der Waals surface area contributed by atoms with Gasteiger partial charge in [0.2, 0.25) is 0 Å². The Morgan fingerprint density at radius 1 is 0.759 bits per heavy atom. The summed E-state index contributed by atoms with van der Waals surface area (Å²) in [6, 6.07) is 12.4. The average molecular weight is 396 g/mol. The number of allylic oxidation sites excluding steroid dienone is 1. The summed E-state index contributed by atoms with van der Waals surface area (Å²) in [5.74, 6) is -3.68. The van der Waals surface area contributed by atoms with Crippen molar-refractivity contribution in [1.29, 1.82) is 0 Å². The summed E-state index contributed by atoms with van der Waals surface area (Å²) in [5.41, 5.74) is 3.90. The van der Waals surface area contributed by atoms with Crippen molar-refractivity contribution in [3.63, 3.8) is 0 Å². The van der Waals surface area contributed by atoms with E-state index < -0.39 is 23.3 Å². The molecule has 4 rings (SSSR count). The normalized spacial score (nSPS) is 13.2. The minimum atomic E-state index is -1.13. The van der Waals surface area contributed by atoms with Crippen LogP contribution in [0.4, 0.5) is 17.6 Å². The third kappa shape index (κ3) is 3.71. The van der Waals surface area contributed by atoms with Crippen molar-refractivity contribution in [2.45, 2.75) is 32.6 Å². The molecule has 3 aromatic rings. The van der Waals surface area contributed by atoms with E-state index in [0.717, 1.165) is 36.1 Å². The quantitative estimate of drug-likeness (QED) is 0.405. The van der Waals surface area contributed by atoms with E-state index in [4.69, 9.17) is 0 Å². The van der Waals surface area contributed by atoms with E-state index in [1.54, 1.807) is 0 Å². The summed E-state index contributed by atoms with van der Waals surface area (Å²) in [7, 11) is 0. The fraction of sp³-hybridized carbons (Fsp3) is 0.200. The number of benzene rings is 3. The first kappa shape index (κ1) is 19.4. The fourth-order valence-electron chi connectivity index (χ4n) is 3.90. The van der Waals surface area contributed by atoms with Crippen LogP contribution in [-0.4, -0.2) is 0 Å². The van der Waals surface area contributed by atoms with Crippen molar-refractivity contribution in [1.82, 2.24) is 0 Å². The second-order valence-corrected chi connectivity index (χ2v) is 7.36. The maximum atomic E-state index is 15.1. The number of halogens is 4. The number of rotatable bonds is 4. The van der Waals surface area contributed by atoms with Crippen LogP contribution in [-0.2, 0) is 12.8 Å². The zero-order valence-electron chi connectivity index (χ0n) is 16.0. The van der Waals surface area contributed by atoms with Crippen molar-refractivity contribution >= 4 is 11.6 Å². The minimum Gasteiger partial charge on any atom is -0.206 e. The van der Waals surface area contributed by atoms with E-state index in [-0.39, 0.29) is 11.1 Å². The summed E-state index contributed by atoms with van der Waals surface area (Å²) in [6.45, 7) is 2.13. The first-order chi connectivity index (χ1) is 14.0. The van der Waals surface area contributed by atoms with Gasteiger partial charge in [-0.05, 0) is 70.9 Å². The Hall–Kier alpha value is -2.88. The van der Waals surface area contributed by atoms with Crippen molar-refractivity contribution in [2.75, 3.05) is 0 Å². The van der Waals surface area contributed by atoms with Crippen LogP contribution in [0.1, 0.15) is 42.0 Å². The van der Waals surface area contributed by atoms with Crippen LogP contribution in [0.2, 0.25) is 0 Å². The molecule has 0 aliphatic heterocycles. The SMILES string of the molecule is CCCc1ccc(C2=Cc3cc(F)c(-c4ccc(F)c(F)c4)c(F)c3CC2)cc1. The lowest BCUT2D eigenvalue weighted by Crippen LogP contribution is -2.06. The molecule has 0 spiro atoms. The molecule has 0 saturated heterocycles. The van der Waals surface area contributed by atoms with E-state index in [2.05, 4.69) is 19.1 Å². The number of hydrogen-bond acceptors (Lipinski definition) is 0. The molecule has 0 unspecified atom stereocenters. The first-order valence-corrected chi connectivity index (χ1v) is 9.74. The molecule has 0 saturated carbocycles. The average Bonchev–Trinajstić information content (AvgIpc) is 2.71. The second-order valence-electron chi connectivity index (χ2n) is 7.36. The molecule has 0 radical (unpaired) electrons. The molecule has 4 heteroatoms. The zero-order chi connectivity index (χ0) is 20.5. The summed E-state index contributed by atoms with van der Waals surface area (Å²) >= 11 is 0. The van der Waals surface area contributed by atoms with Crippen molar-refractivity contribution in [3.05, 3.63) is 94.1 Å². The van der Waals surface area contributed by atoms with Crippen LogP contribution < -0.4 is 0 Å². The molecule has 29 heavy (non-hydrogen) atoms. The van der Waals surface area contributed by atoms with E-state index in [1.165, 1.54) is 17.7 Å². The van der Waals surface area contributed by atoms with Gasteiger partial charge >= 0.3 is 0 Å². The maximum Gasteiger partial charge on any atom is 0.159 e. The first-order valence-electron chi connectivity index (χ1n) is 9.74. The van der Waals surface area contributed by atoms with E-state index in [9.17, 15) is 13.2 Å². The largest absolute Gasteiger partial charge is 0.206 e. The van der Waals surface area contributed by atoms with Gasteiger partial charge in [-0.15, -0.1) is 0 Å². The topological polar surface area (TPSA) is 0 Å². The van der Waals surface area contributed by atoms with Crippen LogP contribution in [0.3, 0.4) is 0 Å². The predicted octanol–water partition coefficient (Wildman–Crippen LogP) is 7.35. The monoisotopic (exact) mass is 396 g/mol. The highest BCUT2D eigenvalue weighted by molar-refractivity contribution is 5.85. The van der Waals surface area contributed by atoms with Crippen molar-refractivity contribution in [3.8, 4) is 11.1 Å². The van der Waals surface area contributed by atoms with Gasteiger partial charge < -0.3 is 0 Å². The molecular weight excluding hydrogens is 376 g/mol. The van der Waals surface area contributed by atoms with E-state index in [0.29, 0.717) is 24.0 Å². The van der Waals surface area contributed by atoms with Crippen molar-refractivity contribution in [2.24, 2.45) is 0 Å². The van der Waals surface area contributed by atoms with Crippen LogP contribution in [0.5, 0.6) is 0 Å². The summed E-state index contributed by atoms with van der Waals surface area (Å²) in [5, 5.41) is 0. The summed E-state index contributed by atoms with van der Waals surface area (Å²) in [6.07, 6.45) is 4.95. The summed E-state index contributed by atoms with van der Waals surface area (Å²) < 4.78 is 56.6. The molecule has 0 heterocycles. The standard InChI is InChI=1S/C25H20F4/c1-2-3-15-4-6-16(7-5-15)17-8-10-20-19(12-17)14-23(28)24(25(20)29)18-9-11-21(26)22(27)13-18/h4-7,9,11-14H,2-3,8,10H2,1H3. The highest BCUT2D eigenvalue weighted by Gasteiger charge is 2.23. The molecule has 0 aromatic heterocycles. The lowest BCUT2D eigenvalue weighted by molar-refractivity contribution is 0.508. The Morgan fingerprint density at radius 2 is 1.48 bits per heavy atom. The van der Waals surface area contributed by atoms with Crippen LogP contribution in [0, 0.1) is 23.3 Å². The van der Waals surface area contributed by atoms with Crippen molar-refractivity contribution < 1.29 is 17.6 Å². The molecule has 0 fully saturated rings. The highest BCUT2D eigenvalue weighted by atomic mass is 19.2. The minimum absolute atomic E-state index is 0.0111. The summed E-state index contributed by atoms with van der Waals surface area (Å²) in [4.78, 5) is 0. The molecule has 0 N–H and O–H groups in total. The number of aryl methyl sites for hydroxylation is 1. The third-order valence-electron chi connectivity index (χ3n) is 5.40. The van der Waals surface area contributed by atoms with Gasteiger partial charge in [-0.2, -0.15) is 0 Å². The number of hydrogen-bond donors (Lipinski definition) is 0. The fourth-order valence-corrected chi connectivity index (χ4v) is 3.90. The molecule has 0 amide bonds. The molecule has 1 aliphatic carbocycles. The lowest BCUT2D eigenvalue weighted by atomic mass is 9.86. The molecule has 0 nitrogen and oxygen atoms in total. The Balaban J connectivity index is 1.73. The van der Waals surface area contributed by atoms with Gasteiger partial charge in [0.1, 0.15) is 11.6 Å². The molecule has 1 aliphatic rings. The van der Waals surface area contributed by atoms with Gasteiger partial charge in [0, 0.05) is 0 Å². The van der Waals surface area contributed by atoms with Gasteiger partial charge in [-0.1, -0.05) is 49.8 Å². The molecule has 0 atom stereocenters. The Bertz CT molecular complexity index is 1090. The molecular formula is C25H20F4. The Morgan fingerprint density at radius 3 is 2.17 bits per heavy atom. The van der Waals surface area contributed by atoms with Crippen LogP contribution in [0.15, 0.2) is 48.5 Å². The number of fused-ring (bicyclic) bond motifs is 1. The smallest absolute Gasteiger partial charge is 0.159 e. The van der Waals surface area contributed by atoms with Gasteiger partial charge in [0.15, 0.2) is 11.6 Å². The second kappa shape index (κ2) is 7.86. The maximum absolute atomic E-state index is 15.1. The van der Waals surface area contributed by atoms with Gasteiger partial charge in [-0.25, -0.2) is 17.6 Å².